The number of rotatable bonds is 6. The van der Waals surface area contributed by atoms with Crippen molar-refractivity contribution in [2.45, 2.75) is 19.4 Å². The highest BCUT2D eigenvalue weighted by atomic mass is 35.5. The minimum atomic E-state index is -0.268. The van der Waals surface area contributed by atoms with Crippen LogP contribution in [-0.2, 0) is 16.1 Å². The minimum Gasteiger partial charge on any atom is -0.492 e. The molecular formula is C12H15ClO4. The lowest BCUT2D eigenvalue weighted by Crippen LogP contribution is -2.05. The Bertz CT molecular complexity index is 379. The first-order valence-electron chi connectivity index (χ1n) is 5.27. The van der Waals surface area contributed by atoms with Gasteiger partial charge in [0.15, 0.2) is 0 Å². The van der Waals surface area contributed by atoms with Crippen LogP contribution in [0.1, 0.15) is 18.4 Å². The van der Waals surface area contributed by atoms with Gasteiger partial charge >= 0.3 is 5.97 Å². The topological polar surface area (TPSA) is 55.8 Å². The number of esters is 1. The van der Waals surface area contributed by atoms with Crippen molar-refractivity contribution in [3.63, 3.8) is 0 Å². The van der Waals surface area contributed by atoms with E-state index >= 15 is 0 Å². The van der Waals surface area contributed by atoms with Crippen LogP contribution in [0.2, 0.25) is 5.02 Å². The van der Waals surface area contributed by atoms with E-state index in [1.165, 1.54) is 7.11 Å². The quantitative estimate of drug-likeness (QED) is 0.628. The molecule has 1 aromatic rings. The number of halogens is 1. The van der Waals surface area contributed by atoms with E-state index in [9.17, 15) is 4.79 Å². The third kappa shape index (κ3) is 4.24. The van der Waals surface area contributed by atoms with Crippen LogP contribution in [0.5, 0.6) is 5.75 Å². The third-order valence-corrected chi connectivity index (χ3v) is 2.52. The lowest BCUT2D eigenvalue weighted by molar-refractivity contribution is -0.140. The van der Waals surface area contributed by atoms with Crippen molar-refractivity contribution in [2.75, 3.05) is 13.7 Å². The number of methoxy groups -OCH3 is 1. The lowest BCUT2D eigenvalue weighted by Gasteiger charge is -2.11. The van der Waals surface area contributed by atoms with Crippen molar-refractivity contribution in [1.82, 2.24) is 0 Å². The van der Waals surface area contributed by atoms with E-state index in [2.05, 4.69) is 4.74 Å². The molecule has 17 heavy (non-hydrogen) atoms. The predicted octanol–water partition coefficient (Wildman–Crippen LogP) is 2.16. The molecule has 0 aliphatic rings. The Balaban J connectivity index is 2.48. The SMILES string of the molecule is COC(=O)CCCOc1c(Cl)cccc1CO. The molecule has 0 aliphatic carbocycles. The number of hydrogen-bond acceptors (Lipinski definition) is 4. The van der Waals surface area contributed by atoms with E-state index in [-0.39, 0.29) is 12.6 Å². The van der Waals surface area contributed by atoms with Gasteiger partial charge in [-0.05, 0) is 12.5 Å². The zero-order chi connectivity index (χ0) is 12.7. The largest absolute Gasteiger partial charge is 0.492 e. The summed E-state index contributed by atoms with van der Waals surface area (Å²) in [6.07, 6.45) is 0.845. The van der Waals surface area contributed by atoms with Crippen LogP contribution in [0.3, 0.4) is 0 Å². The van der Waals surface area contributed by atoms with E-state index in [4.69, 9.17) is 21.4 Å². The fourth-order valence-electron chi connectivity index (χ4n) is 1.33. The first-order valence-corrected chi connectivity index (χ1v) is 5.64. The van der Waals surface area contributed by atoms with Gasteiger partial charge in [-0.3, -0.25) is 4.79 Å². The van der Waals surface area contributed by atoms with Gasteiger partial charge in [0, 0.05) is 12.0 Å². The molecule has 0 aliphatic heterocycles. The monoisotopic (exact) mass is 258 g/mol. The number of aliphatic hydroxyl groups excluding tert-OH is 1. The van der Waals surface area contributed by atoms with Crippen LogP contribution in [-0.4, -0.2) is 24.8 Å². The van der Waals surface area contributed by atoms with Crippen molar-refractivity contribution < 1.29 is 19.4 Å². The average molecular weight is 259 g/mol. The molecule has 0 heterocycles. The maximum atomic E-state index is 10.9. The molecule has 0 radical (unpaired) electrons. The summed E-state index contributed by atoms with van der Waals surface area (Å²) in [7, 11) is 1.35. The lowest BCUT2D eigenvalue weighted by atomic mass is 10.2. The molecule has 0 amide bonds. The number of ether oxygens (including phenoxy) is 2. The van der Waals surface area contributed by atoms with Gasteiger partial charge in [0.05, 0.1) is 25.3 Å². The van der Waals surface area contributed by atoms with Gasteiger partial charge in [-0.2, -0.15) is 0 Å². The first kappa shape index (κ1) is 13.8. The van der Waals surface area contributed by atoms with E-state index in [1.807, 2.05) is 0 Å². The van der Waals surface area contributed by atoms with Crippen LogP contribution < -0.4 is 4.74 Å². The highest BCUT2D eigenvalue weighted by Gasteiger charge is 2.08. The van der Waals surface area contributed by atoms with Crippen LogP contribution in [0.15, 0.2) is 18.2 Å². The van der Waals surface area contributed by atoms with Gasteiger partial charge < -0.3 is 14.6 Å². The van der Waals surface area contributed by atoms with Crippen molar-refractivity contribution >= 4 is 17.6 Å². The molecule has 0 aromatic heterocycles. The molecule has 5 heteroatoms. The fourth-order valence-corrected chi connectivity index (χ4v) is 1.58. The fraction of sp³-hybridized carbons (Fsp3) is 0.417. The maximum absolute atomic E-state index is 10.9. The van der Waals surface area contributed by atoms with Crippen LogP contribution in [0.25, 0.3) is 0 Å². The number of carbonyl (C=O) groups is 1. The molecule has 94 valence electrons. The minimum absolute atomic E-state index is 0.132. The van der Waals surface area contributed by atoms with Gasteiger partial charge in [-0.1, -0.05) is 23.7 Å². The van der Waals surface area contributed by atoms with Gasteiger partial charge in [0.25, 0.3) is 0 Å². The second kappa shape index (κ2) is 7.14. The number of benzene rings is 1. The smallest absolute Gasteiger partial charge is 0.305 e. The molecule has 1 N–H and O–H groups in total. The van der Waals surface area contributed by atoms with Gasteiger partial charge in [-0.15, -0.1) is 0 Å². The molecule has 4 nitrogen and oxygen atoms in total. The van der Waals surface area contributed by atoms with E-state index < -0.39 is 0 Å². The van der Waals surface area contributed by atoms with Crippen LogP contribution in [0.4, 0.5) is 0 Å². The molecule has 0 atom stereocenters. The number of hydrogen-bond donors (Lipinski definition) is 1. The zero-order valence-electron chi connectivity index (χ0n) is 9.61. The first-order chi connectivity index (χ1) is 8.19. The average Bonchev–Trinajstić information content (AvgIpc) is 2.35. The highest BCUT2D eigenvalue weighted by Crippen LogP contribution is 2.28. The molecule has 0 bridgehead atoms. The molecule has 0 saturated heterocycles. The number of para-hydroxylation sites is 1. The summed E-state index contributed by atoms with van der Waals surface area (Å²) in [6, 6.07) is 5.17. The highest BCUT2D eigenvalue weighted by molar-refractivity contribution is 6.32. The van der Waals surface area contributed by atoms with E-state index in [0.717, 1.165) is 0 Å². The van der Waals surface area contributed by atoms with Crippen LogP contribution in [0, 0.1) is 0 Å². The van der Waals surface area contributed by atoms with Crippen molar-refractivity contribution in [3.8, 4) is 5.75 Å². The number of aliphatic hydroxyl groups is 1. The Hall–Kier alpha value is -1.26. The molecule has 1 aromatic carbocycles. The second-order valence-electron chi connectivity index (χ2n) is 3.41. The van der Waals surface area contributed by atoms with Gasteiger partial charge in [0.2, 0.25) is 0 Å². The van der Waals surface area contributed by atoms with Gasteiger partial charge in [-0.25, -0.2) is 0 Å². The normalized spacial score (nSPS) is 10.1. The van der Waals surface area contributed by atoms with E-state index in [1.54, 1.807) is 18.2 Å². The summed E-state index contributed by atoms with van der Waals surface area (Å²) >= 11 is 5.95. The molecule has 0 spiro atoms. The molecule has 0 fully saturated rings. The molecule has 1 rings (SSSR count). The molecule has 0 unspecified atom stereocenters. The van der Waals surface area contributed by atoms with Crippen LogP contribution >= 0.6 is 11.6 Å². The summed E-state index contributed by atoms with van der Waals surface area (Å²) in [6.45, 7) is 0.221. The Kier molecular flexibility index (Phi) is 5.80. The summed E-state index contributed by atoms with van der Waals surface area (Å²) < 4.78 is 9.96. The Morgan fingerprint density at radius 3 is 2.88 bits per heavy atom. The second-order valence-corrected chi connectivity index (χ2v) is 3.82. The molecule has 0 saturated carbocycles. The standard InChI is InChI=1S/C12H15ClO4/c1-16-11(15)6-3-7-17-12-9(8-14)4-2-5-10(12)13/h2,4-5,14H,3,6-8H2,1H3. The summed E-state index contributed by atoms with van der Waals surface area (Å²) in [5.74, 6) is 0.205. The Morgan fingerprint density at radius 2 is 2.24 bits per heavy atom. The maximum Gasteiger partial charge on any atom is 0.305 e. The Morgan fingerprint density at radius 1 is 1.47 bits per heavy atom. The zero-order valence-corrected chi connectivity index (χ0v) is 10.4. The number of carbonyl (C=O) groups excluding carboxylic acids is 1. The molecular weight excluding hydrogens is 244 g/mol. The summed E-state index contributed by atoms with van der Waals surface area (Å²) in [5, 5.41) is 9.57. The van der Waals surface area contributed by atoms with E-state index in [0.29, 0.717) is 35.8 Å². The van der Waals surface area contributed by atoms with Crippen molar-refractivity contribution in [1.29, 1.82) is 0 Å². The van der Waals surface area contributed by atoms with Crippen molar-refractivity contribution in [2.24, 2.45) is 0 Å². The summed E-state index contributed by atoms with van der Waals surface area (Å²) in [5.41, 5.74) is 0.635. The summed E-state index contributed by atoms with van der Waals surface area (Å²) in [4.78, 5) is 10.9. The van der Waals surface area contributed by atoms with Crippen molar-refractivity contribution in [3.05, 3.63) is 28.8 Å². The van der Waals surface area contributed by atoms with Gasteiger partial charge in [0.1, 0.15) is 5.75 Å². The predicted molar refractivity (Wildman–Crippen MR) is 64.1 cm³/mol. The Labute approximate surface area is 105 Å². The third-order valence-electron chi connectivity index (χ3n) is 2.22.